The zero-order valence-corrected chi connectivity index (χ0v) is 10.7. The molecule has 1 aromatic heterocycles. The van der Waals surface area contributed by atoms with Gasteiger partial charge in [-0.15, -0.1) is 0 Å². The number of hydrogen-bond acceptors (Lipinski definition) is 4. The van der Waals surface area contributed by atoms with E-state index < -0.39 is 5.60 Å². The number of nitrogens with zero attached hydrogens (tertiary/aromatic N) is 2. The van der Waals surface area contributed by atoms with Crippen LogP contribution in [0.2, 0.25) is 5.02 Å². The second-order valence-corrected chi connectivity index (χ2v) is 5.21. The maximum Gasteiger partial charge on any atom is 0.129 e. The van der Waals surface area contributed by atoms with Gasteiger partial charge < -0.3 is 15.7 Å². The first-order chi connectivity index (χ1) is 8.01. The van der Waals surface area contributed by atoms with Crippen molar-refractivity contribution in [3.63, 3.8) is 0 Å². The van der Waals surface area contributed by atoms with E-state index in [0.717, 1.165) is 19.5 Å². The van der Waals surface area contributed by atoms with Gasteiger partial charge >= 0.3 is 0 Å². The van der Waals surface area contributed by atoms with Crippen LogP contribution in [0.1, 0.15) is 24.8 Å². The predicted molar refractivity (Wildman–Crippen MR) is 68.9 cm³/mol. The third kappa shape index (κ3) is 2.70. The lowest BCUT2D eigenvalue weighted by atomic mass is 9.87. The van der Waals surface area contributed by atoms with Gasteiger partial charge in [0.05, 0.1) is 10.6 Å². The van der Waals surface area contributed by atoms with Gasteiger partial charge in [0.2, 0.25) is 0 Å². The normalized spacial score (nSPS) is 26.8. The zero-order chi connectivity index (χ0) is 12.5. The fourth-order valence-electron chi connectivity index (χ4n) is 2.35. The molecule has 1 saturated heterocycles. The molecule has 4 nitrogen and oxygen atoms in total. The molecule has 0 spiro atoms. The molecule has 5 heteroatoms. The molecule has 17 heavy (non-hydrogen) atoms. The molecular formula is C12H18ClN3O. The van der Waals surface area contributed by atoms with Crippen molar-refractivity contribution in [3.8, 4) is 0 Å². The maximum atomic E-state index is 10.7. The molecule has 2 heterocycles. The largest absolute Gasteiger partial charge is 0.385 e. The monoisotopic (exact) mass is 255 g/mol. The van der Waals surface area contributed by atoms with Gasteiger partial charge in [-0.25, -0.2) is 4.98 Å². The fraction of sp³-hybridized carbons (Fsp3) is 0.583. The fourth-order valence-corrected chi connectivity index (χ4v) is 2.50. The number of rotatable bonds is 1. The van der Waals surface area contributed by atoms with Crippen LogP contribution in [0.4, 0.5) is 5.82 Å². The Morgan fingerprint density at radius 3 is 3.00 bits per heavy atom. The highest BCUT2D eigenvalue weighted by atomic mass is 35.5. The molecule has 0 bridgehead atoms. The van der Waals surface area contributed by atoms with E-state index in [1.54, 1.807) is 6.07 Å². The molecule has 1 atom stereocenters. The Kier molecular flexibility index (Phi) is 3.56. The number of halogens is 1. The number of likely N-dealkylation sites (tertiary alicyclic amines) is 1. The topological polar surface area (TPSA) is 62.4 Å². The Morgan fingerprint density at radius 1 is 1.47 bits per heavy atom. The summed E-state index contributed by atoms with van der Waals surface area (Å²) >= 11 is 5.93. The summed E-state index contributed by atoms with van der Waals surface area (Å²) in [6.07, 6.45) is 3.81. The number of nitrogens with two attached hydrogens (primary N) is 1. The highest BCUT2D eigenvalue weighted by Gasteiger charge is 2.33. The average molecular weight is 256 g/mol. The second-order valence-electron chi connectivity index (χ2n) is 4.77. The van der Waals surface area contributed by atoms with E-state index in [0.29, 0.717) is 29.2 Å². The van der Waals surface area contributed by atoms with Crippen molar-refractivity contribution in [2.45, 2.75) is 24.9 Å². The first-order valence-corrected chi connectivity index (χ1v) is 6.21. The lowest BCUT2D eigenvalue weighted by Gasteiger charge is -2.28. The van der Waals surface area contributed by atoms with Crippen LogP contribution in [0.15, 0.2) is 12.3 Å². The number of hydrogen-bond donors (Lipinski definition) is 2. The molecule has 0 amide bonds. The Bertz CT molecular complexity index is 413. The van der Waals surface area contributed by atoms with Gasteiger partial charge in [-0.2, -0.15) is 0 Å². The molecule has 1 fully saturated rings. The molecule has 94 valence electrons. The number of aromatic nitrogens is 1. The van der Waals surface area contributed by atoms with Crippen molar-refractivity contribution in [1.82, 2.24) is 9.88 Å². The van der Waals surface area contributed by atoms with Gasteiger partial charge in [-0.05, 0) is 38.9 Å². The van der Waals surface area contributed by atoms with Gasteiger partial charge in [0.15, 0.2) is 0 Å². The van der Waals surface area contributed by atoms with Crippen LogP contribution in [0.25, 0.3) is 0 Å². The summed E-state index contributed by atoms with van der Waals surface area (Å²) in [5.74, 6) is 0.376. The molecule has 0 aliphatic carbocycles. The summed E-state index contributed by atoms with van der Waals surface area (Å²) in [6, 6.07) is 1.73. The van der Waals surface area contributed by atoms with Crippen LogP contribution >= 0.6 is 11.6 Å². The summed E-state index contributed by atoms with van der Waals surface area (Å²) in [7, 11) is 2.06. The van der Waals surface area contributed by atoms with Crippen molar-refractivity contribution in [2.75, 3.05) is 25.9 Å². The molecule has 0 saturated carbocycles. The van der Waals surface area contributed by atoms with Crippen molar-refractivity contribution in [3.05, 3.63) is 22.8 Å². The van der Waals surface area contributed by atoms with E-state index in [1.807, 2.05) is 0 Å². The lowest BCUT2D eigenvalue weighted by Crippen LogP contribution is -2.29. The van der Waals surface area contributed by atoms with Crippen LogP contribution < -0.4 is 5.73 Å². The Balaban J connectivity index is 2.33. The van der Waals surface area contributed by atoms with E-state index in [1.165, 1.54) is 6.20 Å². The van der Waals surface area contributed by atoms with Crippen LogP contribution in [-0.2, 0) is 5.60 Å². The van der Waals surface area contributed by atoms with E-state index >= 15 is 0 Å². The van der Waals surface area contributed by atoms with Gasteiger partial charge in [0, 0.05) is 18.3 Å². The van der Waals surface area contributed by atoms with Crippen molar-refractivity contribution >= 4 is 17.4 Å². The average Bonchev–Trinajstić information content (AvgIpc) is 2.46. The van der Waals surface area contributed by atoms with E-state index in [2.05, 4.69) is 16.9 Å². The van der Waals surface area contributed by atoms with Crippen molar-refractivity contribution in [2.24, 2.45) is 0 Å². The minimum absolute atomic E-state index is 0.376. The molecular weight excluding hydrogens is 238 g/mol. The van der Waals surface area contributed by atoms with Gasteiger partial charge in [0.1, 0.15) is 5.82 Å². The quantitative estimate of drug-likeness (QED) is 0.801. The summed E-state index contributed by atoms with van der Waals surface area (Å²) in [5.41, 5.74) is 5.62. The van der Waals surface area contributed by atoms with Crippen molar-refractivity contribution in [1.29, 1.82) is 0 Å². The number of aliphatic hydroxyl groups is 1. The Labute approximate surface area is 106 Å². The molecule has 3 N–H and O–H groups in total. The van der Waals surface area contributed by atoms with Crippen LogP contribution in [-0.4, -0.2) is 35.1 Å². The van der Waals surface area contributed by atoms with Crippen molar-refractivity contribution < 1.29 is 5.11 Å². The van der Waals surface area contributed by atoms with E-state index in [9.17, 15) is 5.11 Å². The summed E-state index contributed by atoms with van der Waals surface area (Å²) in [4.78, 5) is 6.24. The smallest absolute Gasteiger partial charge is 0.129 e. The standard InChI is InChI=1S/C12H18ClN3O/c1-16-5-2-3-12(17,4-6-16)10-7-9(13)8-15-11(10)14/h7-8,17H,2-6H2,1H3,(H2,14,15). The summed E-state index contributed by atoms with van der Waals surface area (Å²) in [5, 5.41) is 11.3. The third-order valence-corrected chi connectivity index (χ3v) is 3.63. The highest BCUT2D eigenvalue weighted by Crippen LogP contribution is 2.36. The van der Waals surface area contributed by atoms with Gasteiger partial charge in [0.25, 0.3) is 0 Å². The molecule has 2 rings (SSSR count). The number of pyridine rings is 1. The van der Waals surface area contributed by atoms with Gasteiger partial charge in [-0.3, -0.25) is 0 Å². The first kappa shape index (κ1) is 12.6. The summed E-state index contributed by atoms with van der Waals surface area (Å²) in [6.45, 7) is 1.85. The third-order valence-electron chi connectivity index (χ3n) is 3.42. The molecule has 0 aromatic carbocycles. The minimum Gasteiger partial charge on any atom is -0.385 e. The zero-order valence-electron chi connectivity index (χ0n) is 9.99. The first-order valence-electron chi connectivity index (χ1n) is 5.84. The highest BCUT2D eigenvalue weighted by molar-refractivity contribution is 6.30. The lowest BCUT2D eigenvalue weighted by molar-refractivity contribution is 0.0223. The summed E-state index contributed by atoms with van der Waals surface area (Å²) < 4.78 is 0. The van der Waals surface area contributed by atoms with Gasteiger partial charge in [-0.1, -0.05) is 11.6 Å². The SMILES string of the molecule is CN1CCCC(O)(c2cc(Cl)cnc2N)CC1. The number of nitrogen functional groups attached to an aromatic ring is 1. The maximum absolute atomic E-state index is 10.7. The van der Waals surface area contributed by atoms with Crippen LogP contribution in [0.3, 0.4) is 0 Å². The van der Waals surface area contributed by atoms with E-state index in [4.69, 9.17) is 17.3 Å². The Hall–Kier alpha value is -0.840. The Morgan fingerprint density at radius 2 is 2.24 bits per heavy atom. The molecule has 1 aliphatic rings. The minimum atomic E-state index is -0.896. The number of anilines is 1. The molecule has 0 radical (unpaired) electrons. The molecule has 1 aliphatic heterocycles. The molecule has 1 aromatic rings. The van der Waals surface area contributed by atoms with E-state index in [-0.39, 0.29) is 0 Å². The predicted octanol–water partition coefficient (Wildman–Crippen LogP) is 1.62. The van der Waals surface area contributed by atoms with Crippen LogP contribution in [0.5, 0.6) is 0 Å². The molecule has 1 unspecified atom stereocenters. The van der Waals surface area contributed by atoms with Crippen LogP contribution in [0, 0.1) is 0 Å². The second kappa shape index (κ2) is 4.80.